The van der Waals surface area contributed by atoms with Crippen LogP contribution in [0.15, 0.2) is 30.3 Å². The van der Waals surface area contributed by atoms with Gasteiger partial charge in [-0.1, -0.05) is 12.1 Å². The molecule has 0 unspecified atom stereocenters. The van der Waals surface area contributed by atoms with Crippen LogP contribution in [0.3, 0.4) is 0 Å². The topological polar surface area (TPSA) is 66.9 Å². The van der Waals surface area contributed by atoms with Crippen molar-refractivity contribution in [2.75, 3.05) is 11.9 Å². The van der Waals surface area contributed by atoms with E-state index in [-0.39, 0.29) is 11.7 Å². The van der Waals surface area contributed by atoms with Crippen LogP contribution < -0.4 is 10.6 Å². The third kappa shape index (κ3) is 6.02. The summed E-state index contributed by atoms with van der Waals surface area (Å²) < 4.78 is 12.8. The first kappa shape index (κ1) is 16.9. The molecule has 6 heteroatoms. The maximum Gasteiger partial charge on any atom is 0.223 e. The van der Waals surface area contributed by atoms with Crippen LogP contribution in [0.5, 0.6) is 0 Å². The molecule has 0 spiro atoms. The summed E-state index contributed by atoms with van der Waals surface area (Å²) >= 11 is 0. The van der Waals surface area contributed by atoms with Crippen molar-refractivity contribution in [2.45, 2.75) is 33.2 Å². The fraction of sp³-hybridized carbons (Fsp3) is 0.353. The number of benzene rings is 1. The number of aryl methyl sites for hydroxylation is 2. The van der Waals surface area contributed by atoms with Gasteiger partial charge in [-0.05, 0) is 44.0 Å². The standard InChI is InChI=1S/C17H21FN4O/c1-12-10-13(2)22-17(21-12)19-9-3-4-16(23)20-11-14-5-7-15(18)8-6-14/h5-8,10H,3-4,9,11H2,1-2H3,(H,20,23)(H,19,21,22). The molecule has 23 heavy (non-hydrogen) atoms. The van der Waals surface area contributed by atoms with Gasteiger partial charge in [-0.15, -0.1) is 0 Å². The molecule has 0 fully saturated rings. The second-order valence-corrected chi connectivity index (χ2v) is 5.41. The third-order valence-corrected chi connectivity index (χ3v) is 3.25. The summed E-state index contributed by atoms with van der Waals surface area (Å²) in [6, 6.07) is 8.00. The zero-order valence-electron chi connectivity index (χ0n) is 13.4. The van der Waals surface area contributed by atoms with Gasteiger partial charge in [-0.25, -0.2) is 14.4 Å². The number of anilines is 1. The van der Waals surface area contributed by atoms with Crippen molar-refractivity contribution in [2.24, 2.45) is 0 Å². The van der Waals surface area contributed by atoms with Gasteiger partial charge < -0.3 is 10.6 Å². The first-order chi connectivity index (χ1) is 11.0. The van der Waals surface area contributed by atoms with Crippen LogP contribution in [0.4, 0.5) is 10.3 Å². The number of rotatable bonds is 7. The maximum atomic E-state index is 12.8. The van der Waals surface area contributed by atoms with Gasteiger partial charge in [0.15, 0.2) is 0 Å². The van der Waals surface area contributed by atoms with Crippen molar-refractivity contribution in [1.82, 2.24) is 15.3 Å². The number of halogens is 1. The van der Waals surface area contributed by atoms with E-state index in [9.17, 15) is 9.18 Å². The van der Waals surface area contributed by atoms with Crippen molar-refractivity contribution < 1.29 is 9.18 Å². The second kappa shape index (κ2) is 8.22. The zero-order valence-corrected chi connectivity index (χ0v) is 13.4. The molecule has 1 aromatic carbocycles. The number of carbonyl (C=O) groups is 1. The predicted molar refractivity (Wildman–Crippen MR) is 87.5 cm³/mol. The summed E-state index contributed by atoms with van der Waals surface area (Å²) in [5, 5.41) is 5.93. The molecule has 0 radical (unpaired) electrons. The Hall–Kier alpha value is -2.50. The molecule has 2 rings (SSSR count). The highest BCUT2D eigenvalue weighted by Crippen LogP contribution is 2.04. The van der Waals surface area contributed by atoms with Crippen LogP contribution in [0, 0.1) is 19.7 Å². The Balaban J connectivity index is 1.65. The Morgan fingerprint density at radius 3 is 2.43 bits per heavy atom. The molecule has 0 aliphatic heterocycles. The molecule has 0 atom stereocenters. The molecule has 122 valence electrons. The van der Waals surface area contributed by atoms with Gasteiger partial charge in [0.2, 0.25) is 11.9 Å². The number of carbonyl (C=O) groups excluding carboxylic acids is 1. The molecule has 1 heterocycles. The van der Waals surface area contributed by atoms with E-state index in [0.29, 0.717) is 31.9 Å². The van der Waals surface area contributed by atoms with E-state index in [1.165, 1.54) is 12.1 Å². The van der Waals surface area contributed by atoms with E-state index >= 15 is 0 Å². The Labute approximate surface area is 135 Å². The van der Waals surface area contributed by atoms with Crippen LogP contribution in [-0.2, 0) is 11.3 Å². The molecule has 5 nitrogen and oxygen atoms in total. The van der Waals surface area contributed by atoms with E-state index in [2.05, 4.69) is 20.6 Å². The summed E-state index contributed by atoms with van der Waals surface area (Å²) in [4.78, 5) is 20.3. The zero-order chi connectivity index (χ0) is 16.7. The number of aromatic nitrogens is 2. The van der Waals surface area contributed by atoms with Crippen LogP contribution in [0.25, 0.3) is 0 Å². The van der Waals surface area contributed by atoms with Gasteiger partial charge >= 0.3 is 0 Å². The Bertz CT molecular complexity index is 638. The van der Waals surface area contributed by atoms with E-state index in [4.69, 9.17) is 0 Å². The van der Waals surface area contributed by atoms with Crippen LogP contribution in [0.1, 0.15) is 29.8 Å². The molecule has 1 amide bonds. The van der Waals surface area contributed by atoms with Gasteiger partial charge in [-0.2, -0.15) is 0 Å². The van der Waals surface area contributed by atoms with Gasteiger partial charge in [-0.3, -0.25) is 4.79 Å². The third-order valence-electron chi connectivity index (χ3n) is 3.25. The number of nitrogens with one attached hydrogen (secondary N) is 2. The highest BCUT2D eigenvalue weighted by molar-refractivity contribution is 5.75. The molecule has 1 aromatic heterocycles. The summed E-state index contributed by atoms with van der Waals surface area (Å²) in [6.45, 7) is 4.88. The number of hydrogen-bond donors (Lipinski definition) is 2. The monoisotopic (exact) mass is 316 g/mol. The van der Waals surface area contributed by atoms with E-state index in [0.717, 1.165) is 17.0 Å². The second-order valence-electron chi connectivity index (χ2n) is 5.41. The minimum atomic E-state index is -0.278. The van der Waals surface area contributed by atoms with E-state index < -0.39 is 0 Å². The van der Waals surface area contributed by atoms with E-state index in [1.807, 2.05) is 19.9 Å². The maximum absolute atomic E-state index is 12.8. The van der Waals surface area contributed by atoms with Gasteiger partial charge in [0, 0.05) is 30.9 Å². The number of amides is 1. The van der Waals surface area contributed by atoms with Crippen LogP contribution in [0.2, 0.25) is 0 Å². The molecular weight excluding hydrogens is 295 g/mol. The summed E-state index contributed by atoms with van der Waals surface area (Å²) in [6.07, 6.45) is 1.10. The predicted octanol–water partition coefficient (Wildman–Crippen LogP) is 2.74. The van der Waals surface area contributed by atoms with E-state index in [1.54, 1.807) is 12.1 Å². The lowest BCUT2D eigenvalue weighted by molar-refractivity contribution is -0.121. The fourth-order valence-electron chi connectivity index (χ4n) is 2.15. The van der Waals surface area contributed by atoms with Crippen molar-refractivity contribution >= 4 is 11.9 Å². The highest BCUT2D eigenvalue weighted by Gasteiger charge is 2.03. The Morgan fingerprint density at radius 1 is 1.13 bits per heavy atom. The molecule has 0 saturated carbocycles. The first-order valence-electron chi connectivity index (χ1n) is 7.60. The van der Waals surface area contributed by atoms with Gasteiger partial charge in [0.05, 0.1) is 0 Å². The van der Waals surface area contributed by atoms with Crippen LogP contribution >= 0.6 is 0 Å². The lowest BCUT2D eigenvalue weighted by Crippen LogP contribution is -2.23. The average molecular weight is 316 g/mol. The molecule has 0 saturated heterocycles. The smallest absolute Gasteiger partial charge is 0.223 e. The van der Waals surface area contributed by atoms with Crippen molar-refractivity contribution in [3.63, 3.8) is 0 Å². The molecule has 2 aromatic rings. The van der Waals surface area contributed by atoms with Gasteiger partial charge in [0.1, 0.15) is 5.82 Å². The Morgan fingerprint density at radius 2 is 1.78 bits per heavy atom. The minimum Gasteiger partial charge on any atom is -0.354 e. The van der Waals surface area contributed by atoms with Crippen molar-refractivity contribution in [3.05, 3.63) is 53.1 Å². The van der Waals surface area contributed by atoms with Gasteiger partial charge in [0.25, 0.3) is 0 Å². The lowest BCUT2D eigenvalue weighted by atomic mass is 10.2. The lowest BCUT2D eigenvalue weighted by Gasteiger charge is -2.07. The van der Waals surface area contributed by atoms with Crippen molar-refractivity contribution in [1.29, 1.82) is 0 Å². The number of nitrogens with zero attached hydrogens (tertiary/aromatic N) is 2. The summed E-state index contributed by atoms with van der Waals surface area (Å²) in [5.41, 5.74) is 2.70. The molecule has 0 bridgehead atoms. The summed E-state index contributed by atoms with van der Waals surface area (Å²) in [5.74, 6) is 0.284. The highest BCUT2D eigenvalue weighted by atomic mass is 19.1. The number of hydrogen-bond acceptors (Lipinski definition) is 4. The molecular formula is C17H21FN4O. The minimum absolute atomic E-state index is 0.0301. The van der Waals surface area contributed by atoms with Crippen LogP contribution in [-0.4, -0.2) is 22.4 Å². The molecule has 0 aliphatic rings. The summed E-state index contributed by atoms with van der Waals surface area (Å²) in [7, 11) is 0. The van der Waals surface area contributed by atoms with Crippen molar-refractivity contribution in [3.8, 4) is 0 Å². The molecule has 0 aliphatic carbocycles. The Kier molecular flexibility index (Phi) is 6.02. The fourth-order valence-corrected chi connectivity index (χ4v) is 2.15. The largest absolute Gasteiger partial charge is 0.354 e. The SMILES string of the molecule is Cc1cc(C)nc(NCCCC(=O)NCc2ccc(F)cc2)n1. The quantitative estimate of drug-likeness (QED) is 0.771. The normalized spacial score (nSPS) is 10.4. The average Bonchev–Trinajstić information content (AvgIpc) is 2.50. The first-order valence-corrected chi connectivity index (χ1v) is 7.60. The molecule has 2 N–H and O–H groups in total.